The fraction of sp³-hybridized carbons (Fsp3) is 0.500. The number of rotatable bonds is 8. The Morgan fingerprint density at radius 2 is 1.82 bits per heavy atom. The van der Waals surface area contributed by atoms with E-state index in [4.69, 9.17) is 30.6 Å². The summed E-state index contributed by atoms with van der Waals surface area (Å²) in [6.07, 6.45) is -1.31. The first-order valence-electron chi connectivity index (χ1n) is 12.2. The maximum absolute atomic E-state index is 12.0. The van der Waals surface area contributed by atoms with Crippen LogP contribution < -0.4 is 4.90 Å². The van der Waals surface area contributed by atoms with Crippen molar-refractivity contribution in [1.82, 2.24) is 19.5 Å². The Labute approximate surface area is 227 Å². The van der Waals surface area contributed by atoms with E-state index < -0.39 is 52.2 Å². The van der Waals surface area contributed by atoms with Crippen LogP contribution in [-0.4, -0.2) is 81.8 Å². The summed E-state index contributed by atoms with van der Waals surface area (Å²) in [6.45, 7) is 0.00797. The fourth-order valence-corrected chi connectivity index (χ4v) is 7.76. The van der Waals surface area contributed by atoms with Crippen molar-refractivity contribution in [3.8, 4) is 0 Å². The summed E-state index contributed by atoms with van der Waals surface area (Å²) in [7, 11) is -9.53. The van der Waals surface area contributed by atoms with E-state index in [0.717, 1.165) is 24.8 Å². The molecule has 6 atom stereocenters. The van der Waals surface area contributed by atoms with Crippen molar-refractivity contribution in [2.75, 3.05) is 24.0 Å². The van der Waals surface area contributed by atoms with Gasteiger partial charge in [-0.2, -0.15) is 9.97 Å². The standard InChI is InChI=1S/C22H28ClN5O9P2/c23-22-25-19(27-9-5-4-8-14(27)13-6-2-1-3-7-13)16-20(26-22)28(11-24-16)21-18(30)17(29)15(37-21)10-36-39(34,35)12-38(31,32)33/h1-3,6-7,11,14-15,17-18,21,29-30H,4-5,8-10,12H2,(H,34,35)(H2,31,32,33)/t14?,15-,17?,18+,21-/m1/s1. The normalized spacial score (nSPS) is 27.6. The van der Waals surface area contributed by atoms with Gasteiger partial charge in [0.2, 0.25) is 5.28 Å². The minimum absolute atomic E-state index is 0.0401. The number of imidazole rings is 1. The molecule has 5 N–H and O–H groups in total. The Balaban J connectivity index is 1.42. The molecule has 2 aliphatic rings. The van der Waals surface area contributed by atoms with Gasteiger partial charge in [0, 0.05) is 6.54 Å². The van der Waals surface area contributed by atoms with Gasteiger partial charge in [-0.05, 0) is 36.4 Å². The maximum Gasteiger partial charge on any atom is 0.340 e. The van der Waals surface area contributed by atoms with Crippen LogP contribution in [0.15, 0.2) is 36.7 Å². The molecule has 3 unspecified atom stereocenters. The molecule has 0 aliphatic carbocycles. The number of fused-ring (bicyclic) bond motifs is 1. The number of aliphatic hydroxyl groups excluding tert-OH is 2. The van der Waals surface area contributed by atoms with Crippen molar-refractivity contribution in [2.45, 2.75) is 49.8 Å². The van der Waals surface area contributed by atoms with E-state index >= 15 is 0 Å². The second kappa shape index (κ2) is 11.1. The molecule has 0 bridgehead atoms. The molecule has 2 saturated heterocycles. The molecule has 39 heavy (non-hydrogen) atoms. The van der Waals surface area contributed by atoms with Gasteiger partial charge >= 0.3 is 15.2 Å². The predicted molar refractivity (Wildman–Crippen MR) is 139 cm³/mol. The van der Waals surface area contributed by atoms with Gasteiger partial charge < -0.3 is 39.1 Å². The van der Waals surface area contributed by atoms with Crippen LogP contribution in [0.5, 0.6) is 0 Å². The lowest BCUT2D eigenvalue weighted by molar-refractivity contribution is -0.0483. The van der Waals surface area contributed by atoms with Gasteiger partial charge in [0.25, 0.3) is 0 Å². The molecule has 1 aromatic carbocycles. The first kappa shape index (κ1) is 28.6. The highest BCUT2D eigenvalue weighted by Crippen LogP contribution is 2.55. The molecule has 17 heteroatoms. The lowest BCUT2D eigenvalue weighted by atomic mass is 9.95. The van der Waals surface area contributed by atoms with Crippen molar-refractivity contribution in [2.24, 2.45) is 0 Å². The lowest BCUT2D eigenvalue weighted by Gasteiger charge is -2.37. The molecule has 0 radical (unpaired) electrons. The molecule has 0 amide bonds. The van der Waals surface area contributed by atoms with E-state index in [0.29, 0.717) is 17.9 Å². The number of nitrogens with zero attached hydrogens (tertiary/aromatic N) is 5. The zero-order chi connectivity index (χ0) is 27.9. The number of ether oxygens (including phenoxy) is 1. The van der Waals surface area contributed by atoms with E-state index in [1.54, 1.807) is 0 Å². The summed E-state index contributed by atoms with van der Waals surface area (Å²) in [5, 5.41) is 21.2. The van der Waals surface area contributed by atoms with Crippen molar-refractivity contribution >= 4 is 43.8 Å². The van der Waals surface area contributed by atoms with Crippen LogP contribution in [0.4, 0.5) is 5.82 Å². The van der Waals surface area contributed by atoms with Gasteiger partial charge in [-0.1, -0.05) is 30.3 Å². The van der Waals surface area contributed by atoms with E-state index in [1.807, 2.05) is 18.2 Å². The molecule has 2 aliphatic heterocycles. The first-order valence-corrected chi connectivity index (χ1v) is 16.1. The van der Waals surface area contributed by atoms with Crippen LogP contribution in [-0.2, 0) is 18.4 Å². The van der Waals surface area contributed by atoms with Gasteiger partial charge in [0.05, 0.1) is 19.0 Å². The molecule has 0 spiro atoms. The molecular weight excluding hydrogens is 576 g/mol. The SMILES string of the molecule is O=P(O)(O)CP(=O)(O)OC[C@H]1O[C@@H](n2cnc3c(N4CCCCC4c4ccccc4)nc(Cl)nc32)[C@@H](O)C1O. The topological polar surface area (TPSA) is 201 Å². The highest BCUT2D eigenvalue weighted by atomic mass is 35.5. The van der Waals surface area contributed by atoms with Crippen molar-refractivity contribution < 1.29 is 43.3 Å². The summed E-state index contributed by atoms with van der Waals surface area (Å²) in [5.74, 6) is -0.872. The Kier molecular flexibility index (Phi) is 8.16. The smallest absolute Gasteiger partial charge is 0.340 e. The van der Waals surface area contributed by atoms with Crippen LogP contribution in [0, 0.1) is 0 Å². The van der Waals surface area contributed by atoms with Gasteiger partial charge in [-0.25, -0.2) is 4.98 Å². The zero-order valence-corrected chi connectivity index (χ0v) is 23.0. The third kappa shape index (κ3) is 6.20. The van der Waals surface area contributed by atoms with Crippen LogP contribution in [0.25, 0.3) is 11.2 Å². The first-order chi connectivity index (χ1) is 18.4. The Morgan fingerprint density at radius 1 is 1.08 bits per heavy atom. The Bertz CT molecular complexity index is 1420. The van der Waals surface area contributed by atoms with Crippen molar-refractivity contribution in [1.29, 1.82) is 0 Å². The Hall–Kier alpha value is -1.96. The third-order valence-corrected chi connectivity index (χ3v) is 10.4. The zero-order valence-electron chi connectivity index (χ0n) is 20.5. The molecule has 4 heterocycles. The van der Waals surface area contributed by atoms with Crippen LogP contribution in [0.2, 0.25) is 5.28 Å². The highest BCUT2D eigenvalue weighted by Gasteiger charge is 2.46. The van der Waals surface area contributed by atoms with E-state index in [-0.39, 0.29) is 17.0 Å². The minimum atomic E-state index is -4.83. The summed E-state index contributed by atoms with van der Waals surface area (Å²) in [6, 6.07) is 10.1. The molecular formula is C22H28ClN5O9P2. The largest absolute Gasteiger partial charge is 0.387 e. The molecule has 3 aromatic rings. The number of aromatic nitrogens is 4. The molecule has 2 aromatic heterocycles. The second-order valence-electron chi connectivity index (χ2n) is 9.54. The van der Waals surface area contributed by atoms with Crippen LogP contribution >= 0.6 is 26.8 Å². The highest BCUT2D eigenvalue weighted by molar-refractivity contribution is 7.70. The van der Waals surface area contributed by atoms with Crippen molar-refractivity contribution in [3.05, 3.63) is 47.5 Å². The molecule has 2 fully saturated rings. The van der Waals surface area contributed by atoms with Gasteiger partial charge in [-0.15, -0.1) is 0 Å². The van der Waals surface area contributed by atoms with Gasteiger partial charge in [-0.3, -0.25) is 13.7 Å². The summed E-state index contributed by atoms with van der Waals surface area (Å²) < 4.78 is 35.0. The summed E-state index contributed by atoms with van der Waals surface area (Å²) in [5.41, 5.74) is 1.78. The van der Waals surface area contributed by atoms with E-state index in [1.165, 1.54) is 10.9 Å². The number of hydrogen-bond acceptors (Lipinski definition) is 10. The van der Waals surface area contributed by atoms with Gasteiger partial charge in [0.15, 0.2) is 29.1 Å². The van der Waals surface area contributed by atoms with Crippen molar-refractivity contribution in [3.63, 3.8) is 0 Å². The molecule has 5 rings (SSSR count). The predicted octanol–water partition coefficient (Wildman–Crippen LogP) is 2.17. The number of hydrogen-bond donors (Lipinski definition) is 5. The van der Waals surface area contributed by atoms with Gasteiger partial charge in [0.1, 0.15) is 18.3 Å². The molecule has 212 valence electrons. The monoisotopic (exact) mass is 603 g/mol. The van der Waals surface area contributed by atoms with Crippen LogP contribution in [0.3, 0.4) is 0 Å². The minimum Gasteiger partial charge on any atom is -0.387 e. The Morgan fingerprint density at radius 3 is 2.54 bits per heavy atom. The number of piperidine rings is 1. The molecule has 14 nitrogen and oxygen atoms in total. The van der Waals surface area contributed by atoms with Crippen LogP contribution in [0.1, 0.15) is 37.1 Å². The quantitative estimate of drug-likeness (QED) is 0.185. The third-order valence-electron chi connectivity index (χ3n) is 6.75. The second-order valence-corrected chi connectivity index (χ2v) is 13.9. The lowest BCUT2D eigenvalue weighted by Crippen LogP contribution is -2.34. The average Bonchev–Trinajstić information content (AvgIpc) is 3.42. The number of anilines is 1. The maximum atomic E-state index is 12.0. The summed E-state index contributed by atoms with van der Waals surface area (Å²) in [4.78, 5) is 43.1. The average molecular weight is 604 g/mol. The number of aliphatic hydroxyl groups is 2. The van der Waals surface area contributed by atoms with E-state index in [2.05, 4.69) is 32.0 Å². The number of halogens is 1. The van der Waals surface area contributed by atoms with E-state index in [9.17, 15) is 24.2 Å². The molecule has 0 saturated carbocycles. The summed E-state index contributed by atoms with van der Waals surface area (Å²) >= 11 is 6.33. The number of benzene rings is 1. The fourth-order valence-electron chi connectivity index (χ4n) is 5.03.